The Hall–Kier alpha value is -3.75. The highest BCUT2D eigenvalue weighted by atomic mass is 32.2. The van der Waals surface area contributed by atoms with Crippen LogP contribution in [0.3, 0.4) is 0 Å². The molecule has 204 valence electrons. The van der Waals surface area contributed by atoms with Crippen molar-refractivity contribution in [3.8, 4) is 5.69 Å². The smallest absolute Gasteiger partial charge is 0.273 e. The number of alkyl halides is 3. The van der Waals surface area contributed by atoms with Crippen LogP contribution in [0.5, 0.6) is 0 Å². The summed E-state index contributed by atoms with van der Waals surface area (Å²) in [5.74, 6) is 0.656. The summed E-state index contributed by atoms with van der Waals surface area (Å²) in [5.41, 5.74) is 1.29. The molecule has 0 bridgehead atoms. The van der Waals surface area contributed by atoms with E-state index in [0.717, 1.165) is 29.3 Å². The first-order valence-corrected chi connectivity index (χ1v) is 13.9. The topological polar surface area (TPSA) is 120 Å². The molecular weight excluding hydrogens is 555 g/mol. The fourth-order valence-corrected chi connectivity index (χ4v) is 5.91. The first-order valence-electron chi connectivity index (χ1n) is 11.4. The molecule has 1 atom stereocenters. The predicted molar refractivity (Wildman–Crippen MR) is 139 cm³/mol. The third kappa shape index (κ3) is 6.64. The van der Waals surface area contributed by atoms with Gasteiger partial charge in [0.1, 0.15) is 0 Å². The van der Waals surface area contributed by atoms with Crippen molar-refractivity contribution in [1.29, 1.82) is 0 Å². The first kappa shape index (κ1) is 28.3. The minimum atomic E-state index is -4.71. The molecule has 0 radical (unpaired) electrons. The highest BCUT2D eigenvalue weighted by Gasteiger charge is 2.32. The lowest BCUT2D eigenvalue weighted by molar-refractivity contribution is -0.384. The molecule has 3 aromatic carbocycles. The maximum atomic E-state index is 13.1. The monoisotopic (exact) mass is 577 g/mol. The lowest BCUT2D eigenvalue weighted by atomic mass is 10.2. The van der Waals surface area contributed by atoms with Crippen LogP contribution in [0.1, 0.15) is 35.5 Å². The minimum Gasteiger partial charge on any atom is -0.273 e. The molecule has 9 nitrogen and oxygen atoms in total. The van der Waals surface area contributed by atoms with E-state index >= 15 is 0 Å². The fourth-order valence-electron chi connectivity index (χ4n) is 3.76. The van der Waals surface area contributed by atoms with E-state index in [1.54, 1.807) is 4.57 Å². The lowest BCUT2D eigenvalue weighted by Crippen LogP contribution is -2.29. The quantitative estimate of drug-likeness (QED) is 0.151. The summed E-state index contributed by atoms with van der Waals surface area (Å²) in [5, 5.41) is 19.9. The average molecular weight is 578 g/mol. The van der Waals surface area contributed by atoms with Crippen molar-refractivity contribution >= 4 is 27.5 Å². The average Bonchev–Trinajstić information content (AvgIpc) is 3.31. The first-order chi connectivity index (χ1) is 18.3. The molecule has 1 aromatic heterocycles. The SMILES string of the molecule is Cc1cccc(CSc2nnc(C(C)NS(=O)(=O)c3cccc(C(F)(F)F)c3)n2-c2ccc([N+](=O)[O-])cc2)c1. The number of rotatable bonds is 9. The van der Waals surface area contributed by atoms with Gasteiger partial charge in [-0.2, -0.15) is 13.2 Å². The molecule has 1 unspecified atom stereocenters. The molecule has 0 aliphatic rings. The number of nitro benzene ring substituents is 1. The lowest BCUT2D eigenvalue weighted by Gasteiger charge is -2.17. The zero-order chi connectivity index (χ0) is 28.4. The van der Waals surface area contributed by atoms with Crippen molar-refractivity contribution in [3.05, 3.63) is 105 Å². The van der Waals surface area contributed by atoms with Crippen molar-refractivity contribution in [2.75, 3.05) is 0 Å². The van der Waals surface area contributed by atoms with Crippen LogP contribution in [-0.4, -0.2) is 28.1 Å². The maximum Gasteiger partial charge on any atom is 0.416 e. The molecule has 4 aromatic rings. The summed E-state index contributed by atoms with van der Waals surface area (Å²) in [6.07, 6.45) is -4.71. The Kier molecular flexibility index (Phi) is 8.09. The summed E-state index contributed by atoms with van der Waals surface area (Å²) < 4.78 is 69.3. The summed E-state index contributed by atoms with van der Waals surface area (Å²) in [4.78, 5) is 10.0. The Balaban J connectivity index is 1.68. The number of nitrogens with one attached hydrogen (secondary N) is 1. The summed E-state index contributed by atoms with van der Waals surface area (Å²) in [6.45, 7) is 3.44. The Labute approximate surface area is 226 Å². The third-order valence-corrected chi connectivity index (χ3v) is 8.16. The number of hydrogen-bond acceptors (Lipinski definition) is 7. The molecule has 4 rings (SSSR count). The van der Waals surface area contributed by atoms with Gasteiger partial charge < -0.3 is 0 Å². The van der Waals surface area contributed by atoms with Gasteiger partial charge in [-0.1, -0.05) is 47.7 Å². The molecule has 0 saturated heterocycles. The minimum absolute atomic E-state index is 0.138. The van der Waals surface area contributed by atoms with Gasteiger partial charge in [0.2, 0.25) is 10.0 Å². The number of non-ortho nitro benzene ring substituents is 1. The summed E-state index contributed by atoms with van der Waals surface area (Å²) in [7, 11) is -4.39. The van der Waals surface area contributed by atoms with Crippen LogP contribution < -0.4 is 4.72 Å². The molecule has 0 saturated carbocycles. The highest BCUT2D eigenvalue weighted by molar-refractivity contribution is 7.98. The van der Waals surface area contributed by atoms with Gasteiger partial charge in [-0.05, 0) is 49.7 Å². The van der Waals surface area contributed by atoms with Crippen LogP contribution in [0.4, 0.5) is 18.9 Å². The van der Waals surface area contributed by atoms with Gasteiger partial charge in [0, 0.05) is 23.6 Å². The number of sulfonamides is 1. The molecule has 14 heteroatoms. The fraction of sp³-hybridized carbons (Fsp3) is 0.200. The second-order valence-corrected chi connectivity index (χ2v) is 11.3. The van der Waals surface area contributed by atoms with Crippen LogP contribution in [0.2, 0.25) is 0 Å². The van der Waals surface area contributed by atoms with Gasteiger partial charge in [0.25, 0.3) is 5.69 Å². The number of aryl methyl sites for hydroxylation is 1. The van der Waals surface area contributed by atoms with Gasteiger partial charge in [0.15, 0.2) is 11.0 Å². The Morgan fingerprint density at radius 2 is 1.74 bits per heavy atom. The highest BCUT2D eigenvalue weighted by Crippen LogP contribution is 2.32. The van der Waals surface area contributed by atoms with E-state index in [1.165, 1.54) is 43.0 Å². The molecule has 0 amide bonds. The third-order valence-electron chi connectivity index (χ3n) is 5.62. The van der Waals surface area contributed by atoms with Crippen molar-refractivity contribution in [3.63, 3.8) is 0 Å². The zero-order valence-corrected chi connectivity index (χ0v) is 22.2. The predicted octanol–water partition coefficient (Wildman–Crippen LogP) is 5.83. The molecule has 0 aliphatic carbocycles. The number of hydrogen-bond donors (Lipinski definition) is 1. The standard InChI is InChI=1S/C25H22F3N5O4S2/c1-16-5-3-6-18(13-16)15-38-24-30-29-23(32(24)20-9-11-21(12-10-20)33(34)35)17(2)31-39(36,37)22-8-4-7-19(14-22)25(26,27)28/h3-14,17,31H,15H2,1-2H3. The Morgan fingerprint density at radius 3 is 2.38 bits per heavy atom. The van der Waals surface area contributed by atoms with Gasteiger partial charge in [-0.15, -0.1) is 10.2 Å². The summed E-state index contributed by atoms with van der Waals surface area (Å²) in [6, 6.07) is 15.8. The van der Waals surface area contributed by atoms with E-state index < -0.39 is 37.6 Å². The number of thioether (sulfide) groups is 1. The molecular formula is C25H22F3N5O4S2. The Bertz CT molecular complexity index is 1610. The maximum absolute atomic E-state index is 13.1. The number of halogens is 3. The second-order valence-electron chi connectivity index (χ2n) is 8.60. The van der Waals surface area contributed by atoms with Crippen molar-refractivity contribution in [2.24, 2.45) is 0 Å². The van der Waals surface area contributed by atoms with Crippen molar-refractivity contribution < 1.29 is 26.5 Å². The van der Waals surface area contributed by atoms with Gasteiger partial charge >= 0.3 is 6.18 Å². The van der Waals surface area contributed by atoms with E-state index in [-0.39, 0.29) is 11.5 Å². The second kappa shape index (κ2) is 11.2. The zero-order valence-electron chi connectivity index (χ0n) is 20.6. The number of nitrogens with zero attached hydrogens (tertiary/aromatic N) is 4. The number of nitro groups is 1. The van der Waals surface area contributed by atoms with Crippen LogP contribution in [0.25, 0.3) is 5.69 Å². The molecule has 0 aliphatic heterocycles. The van der Waals surface area contributed by atoms with E-state index in [9.17, 15) is 31.7 Å². The summed E-state index contributed by atoms with van der Waals surface area (Å²) >= 11 is 1.32. The molecule has 1 N–H and O–H groups in total. The van der Waals surface area contributed by atoms with Gasteiger partial charge in [-0.3, -0.25) is 14.7 Å². The molecule has 0 spiro atoms. The van der Waals surface area contributed by atoms with Crippen LogP contribution in [0.15, 0.2) is 82.8 Å². The molecule has 39 heavy (non-hydrogen) atoms. The van der Waals surface area contributed by atoms with Crippen molar-refractivity contribution in [1.82, 2.24) is 19.5 Å². The van der Waals surface area contributed by atoms with E-state index in [2.05, 4.69) is 14.9 Å². The Morgan fingerprint density at radius 1 is 1.05 bits per heavy atom. The normalized spacial score (nSPS) is 12.8. The van der Waals surface area contributed by atoms with Gasteiger partial charge in [-0.25, -0.2) is 13.1 Å². The van der Waals surface area contributed by atoms with Gasteiger partial charge in [0.05, 0.1) is 21.4 Å². The number of aromatic nitrogens is 3. The van der Waals surface area contributed by atoms with E-state index in [4.69, 9.17) is 0 Å². The molecule has 1 heterocycles. The van der Waals surface area contributed by atoms with Crippen molar-refractivity contribution in [2.45, 2.75) is 41.9 Å². The molecule has 0 fully saturated rings. The van der Waals surface area contributed by atoms with E-state index in [0.29, 0.717) is 22.7 Å². The number of benzene rings is 3. The largest absolute Gasteiger partial charge is 0.416 e. The van der Waals surface area contributed by atoms with Crippen LogP contribution in [-0.2, 0) is 22.0 Å². The van der Waals surface area contributed by atoms with E-state index in [1.807, 2.05) is 31.2 Å². The van der Waals surface area contributed by atoms with Crippen LogP contribution in [0, 0.1) is 17.0 Å². The van der Waals surface area contributed by atoms with Crippen LogP contribution >= 0.6 is 11.8 Å².